The van der Waals surface area contributed by atoms with E-state index in [1.807, 2.05) is 55.5 Å². The lowest BCUT2D eigenvalue weighted by molar-refractivity contribution is -0.123. The van der Waals surface area contributed by atoms with Crippen molar-refractivity contribution in [1.82, 2.24) is 16.2 Å². The van der Waals surface area contributed by atoms with Crippen molar-refractivity contribution in [2.45, 2.75) is 32.0 Å². The van der Waals surface area contributed by atoms with Gasteiger partial charge in [0.15, 0.2) is 0 Å². The number of carbonyl (C=O) groups is 1. The second kappa shape index (κ2) is 8.34. The molecule has 1 saturated heterocycles. The fourth-order valence-corrected chi connectivity index (χ4v) is 3.21. The van der Waals surface area contributed by atoms with Crippen LogP contribution in [0, 0.1) is 0 Å². The van der Waals surface area contributed by atoms with E-state index in [1.165, 1.54) is 0 Å². The van der Waals surface area contributed by atoms with Crippen LogP contribution in [0.25, 0.3) is 0 Å². The van der Waals surface area contributed by atoms with E-state index in [-0.39, 0.29) is 18.0 Å². The first-order valence-corrected chi connectivity index (χ1v) is 8.80. The zero-order chi connectivity index (χ0) is 17.6. The van der Waals surface area contributed by atoms with Gasteiger partial charge in [0.1, 0.15) is 11.8 Å². The molecule has 3 N–H and O–H groups in total. The van der Waals surface area contributed by atoms with Gasteiger partial charge in [-0.15, -0.1) is 0 Å². The summed E-state index contributed by atoms with van der Waals surface area (Å²) in [7, 11) is 0. The number of hydrogen-bond acceptors (Lipinski definition) is 4. The summed E-state index contributed by atoms with van der Waals surface area (Å²) in [6.07, 6.45) is 0.642. The minimum atomic E-state index is -0.305. The maximum atomic E-state index is 12.5. The Morgan fingerprint density at radius 3 is 2.76 bits per heavy atom. The van der Waals surface area contributed by atoms with Gasteiger partial charge in [-0.05, 0) is 31.0 Å². The third kappa shape index (κ3) is 4.31. The highest BCUT2D eigenvalue weighted by atomic mass is 35.5. The summed E-state index contributed by atoms with van der Waals surface area (Å²) in [5.74, 6) is 0.755. The van der Waals surface area contributed by atoms with E-state index in [1.54, 1.807) is 0 Å². The zero-order valence-corrected chi connectivity index (χ0v) is 14.8. The van der Waals surface area contributed by atoms with Crippen LogP contribution in [0.1, 0.15) is 30.5 Å². The average Bonchev–Trinajstić information content (AvgIpc) is 3.11. The molecule has 5 nitrogen and oxygen atoms in total. The zero-order valence-electron chi connectivity index (χ0n) is 14.1. The number of ether oxygens (including phenoxy) is 1. The Hall–Kier alpha value is -2.08. The number of halogens is 1. The van der Waals surface area contributed by atoms with Crippen molar-refractivity contribution in [3.05, 3.63) is 64.7 Å². The van der Waals surface area contributed by atoms with E-state index in [0.29, 0.717) is 24.6 Å². The smallest absolute Gasteiger partial charge is 0.238 e. The number of amides is 1. The van der Waals surface area contributed by atoms with E-state index in [2.05, 4.69) is 16.2 Å². The van der Waals surface area contributed by atoms with Gasteiger partial charge < -0.3 is 10.1 Å². The fourth-order valence-electron chi connectivity index (χ4n) is 2.94. The molecule has 0 spiro atoms. The highest BCUT2D eigenvalue weighted by molar-refractivity contribution is 6.31. The molecule has 0 bridgehead atoms. The number of benzene rings is 2. The summed E-state index contributed by atoms with van der Waals surface area (Å²) in [5, 5.41) is 3.67. The highest BCUT2D eigenvalue weighted by Crippen LogP contribution is 2.28. The molecule has 0 aromatic heterocycles. The van der Waals surface area contributed by atoms with E-state index in [4.69, 9.17) is 16.3 Å². The summed E-state index contributed by atoms with van der Waals surface area (Å²) in [6, 6.07) is 15.1. The molecule has 2 atom stereocenters. The predicted molar refractivity (Wildman–Crippen MR) is 98.3 cm³/mol. The largest absolute Gasteiger partial charge is 0.494 e. The standard InChI is InChI=1S/C19H22ClN3O2/c1-2-25-18-10-6-3-7-13(18)12-21-19(24)17-11-16(22-23-17)14-8-4-5-9-15(14)20/h3-10,16-17,22-23H,2,11-12H2,1H3,(H,21,24). The number of rotatable bonds is 6. The van der Waals surface area contributed by atoms with Crippen LogP contribution in [0.5, 0.6) is 5.75 Å². The fraction of sp³-hybridized carbons (Fsp3) is 0.316. The van der Waals surface area contributed by atoms with E-state index >= 15 is 0 Å². The molecule has 1 aliphatic heterocycles. The van der Waals surface area contributed by atoms with Crippen molar-refractivity contribution in [2.75, 3.05) is 6.61 Å². The third-order valence-electron chi connectivity index (χ3n) is 4.23. The van der Waals surface area contributed by atoms with Gasteiger partial charge in [-0.1, -0.05) is 48.0 Å². The summed E-state index contributed by atoms with van der Waals surface area (Å²) in [5.41, 5.74) is 8.17. The molecule has 0 radical (unpaired) electrons. The van der Waals surface area contributed by atoms with Crippen molar-refractivity contribution < 1.29 is 9.53 Å². The average molecular weight is 360 g/mol. The van der Waals surface area contributed by atoms with E-state index < -0.39 is 0 Å². The molecule has 0 saturated carbocycles. The molecule has 1 fully saturated rings. The Kier molecular flexibility index (Phi) is 5.91. The van der Waals surface area contributed by atoms with Gasteiger partial charge in [0.05, 0.1) is 6.61 Å². The molecule has 3 rings (SSSR count). The topological polar surface area (TPSA) is 62.4 Å². The summed E-state index contributed by atoms with van der Waals surface area (Å²) >= 11 is 6.24. The quantitative estimate of drug-likeness (QED) is 0.742. The minimum absolute atomic E-state index is 0.0140. The van der Waals surface area contributed by atoms with E-state index in [9.17, 15) is 4.79 Å². The Morgan fingerprint density at radius 2 is 1.96 bits per heavy atom. The summed E-state index contributed by atoms with van der Waals surface area (Å²) in [6.45, 7) is 2.97. The van der Waals surface area contributed by atoms with Crippen molar-refractivity contribution in [2.24, 2.45) is 0 Å². The Bertz CT molecular complexity index is 738. The molecule has 6 heteroatoms. The minimum Gasteiger partial charge on any atom is -0.494 e. The van der Waals surface area contributed by atoms with Crippen LogP contribution in [0.3, 0.4) is 0 Å². The third-order valence-corrected chi connectivity index (χ3v) is 4.57. The van der Waals surface area contributed by atoms with Crippen LogP contribution in [0.2, 0.25) is 5.02 Å². The van der Waals surface area contributed by atoms with E-state index in [0.717, 1.165) is 16.9 Å². The Morgan fingerprint density at radius 1 is 1.20 bits per heavy atom. The normalized spacial score (nSPS) is 19.6. The first kappa shape index (κ1) is 17.7. The first-order valence-electron chi connectivity index (χ1n) is 8.43. The SMILES string of the molecule is CCOc1ccccc1CNC(=O)C1CC(c2ccccc2Cl)NN1. The van der Waals surface area contributed by atoms with Gasteiger partial charge in [0.25, 0.3) is 0 Å². The van der Waals surface area contributed by atoms with Crippen molar-refractivity contribution in [1.29, 1.82) is 0 Å². The van der Waals surface area contributed by atoms with Gasteiger partial charge in [0.2, 0.25) is 5.91 Å². The monoisotopic (exact) mass is 359 g/mol. The van der Waals surface area contributed by atoms with Crippen LogP contribution < -0.4 is 20.9 Å². The number of hydrazine groups is 1. The second-order valence-electron chi connectivity index (χ2n) is 5.91. The Balaban J connectivity index is 1.57. The molecule has 0 aliphatic carbocycles. The summed E-state index contributed by atoms with van der Waals surface area (Å²) in [4.78, 5) is 12.5. The maximum absolute atomic E-state index is 12.5. The molecule has 1 aliphatic rings. The van der Waals surface area contributed by atoms with Crippen molar-refractivity contribution in [3.8, 4) is 5.75 Å². The number of hydrogen-bond donors (Lipinski definition) is 3. The number of nitrogens with one attached hydrogen (secondary N) is 3. The van der Waals surface area contributed by atoms with Crippen LogP contribution in [-0.2, 0) is 11.3 Å². The molecule has 132 valence electrons. The van der Waals surface area contributed by atoms with Gasteiger partial charge >= 0.3 is 0 Å². The van der Waals surface area contributed by atoms with Crippen LogP contribution in [0.4, 0.5) is 0 Å². The highest BCUT2D eigenvalue weighted by Gasteiger charge is 2.30. The molecular weight excluding hydrogens is 338 g/mol. The molecule has 1 amide bonds. The molecule has 2 aromatic carbocycles. The lowest BCUT2D eigenvalue weighted by atomic mass is 10.0. The van der Waals surface area contributed by atoms with Crippen LogP contribution in [0.15, 0.2) is 48.5 Å². The van der Waals surface area contributed by atoms with Crippen molar-refractivity contribution >= 4 is 17.5 Å². The molecule has 25 heavy (non-hydrogen) atoms. The lowest BCUT2D eigenvalue weighted by Crippen LogP contribution is -2.42. The molecule has 2 aromatic rings. The predicted octanol–water partition coefficient (Wildman–Crippen LogP) is 2.96. The van der Waals surface area contributed by atoms with Gasteiger partial charge in [-0.3, -0.25) is 4.79 Å². The van der Waals surface area contributed by atoms with Crippen LogP contribution in [-0.4, -0.2) is 18.6 Å². The molecule has 1 heterocycles. The Labute approximate surface area is 152 Å². The van der Waals surface area contributed by atoms with Crippen LogP contribution >= 0.6 is 11.6 Å². The molecule has 2 unspecified atom stereocenters. The maximum Gasteiger partial charge on any atom is 0.238 e. The van der Waals surface area contributed by atoms with Gasteiger partial charge in [-0.2, -0.15) is 0 Å². The summed E-state index contributed by atoms with van der Waals surface area (Å²) < 4.78 is 5.59. The lowest BCUT2D eigenvalue weighted by Gasteiger charge is -2.13. The first-order chi connectivity index (χ1) is 12.2. The number of carbonyl (C=O) groups excluding carboxylic acids is 1. The van der Waals surface area contributed by atoms with Gasteiger partial charge in [0, 0.05) is 23.2 Å². The number of para-hydroxylation sites is 1. The molecular formula is C19H22ClN3O2. The second-order valence-corrected chi connectivity index (χ2v) is 6.32. The van der Waals surface area contributed by atoms with Crippen molar-refractivity contribution in [3.63, 3.8) is 0 Å². The van der Waals surface area contributed by atoms with Gasteiger partial charge in [-0.25, -0.2) is 10.9 Å².